The maximum Gasteiger partial charge on any atom is 0.148 e. The first-order valence-electron chi connectivity index (χ1n) is 8.97. The summed E-state index contributed by atoms with van der Waals surface area (Å²) in [7, 11) is 3.75. The van der Waals surface area contributed by atoms with Crippen LogP contribution >= 0.6 is 0 Å². The Hall–Kier alpha value is -1.99. The molecule has 1 saturated heterocycles. The van der Waals surface area contributed by atoms with E-state index in [1.165, 1.54) is 18.5 Å². The zero-order valence-electron chi connectivity index (χ0n) is 15.2. The minimum Gasteiger partial charge on any atom is -0.383 e. The van der Waals surface area contributed by atoms with Gasteiger partial charge in [-0.15, -0.1) is 5.10 Å². The third kappa shape index (κ3) is 5.24. The highest BCUT2D eigenvalue weighted by Crippen LogP contribution is 2.21. The molecule has 25 heavy (non-hydrogen) atoms. The Balaban J connectivity index is 1.49. The van der Waals surface area contributed by atoms with Gasteiger partial charge in [0.05, 0.1) is 24.3 Å². The Bertz CT molecular complexity index is 641. The molecule has 2 aromatic heterocycles. The Morgan fingerprint density at radius 3 is 2.96 bits per heavy atom. The molecule has 0 amide bonds. The molecule has 0 bridgehead atoms. The second-order valence-electron chi connectivity index (χ2n) is 6.77. The van der Waals surface area contributed by atoms with E-state index in [0.717, 1.165) is 44.1 Å². The molecule has 1 atom stereocenters. The molecular weight excluding hydrogens is 316 g/mol. The van der Waals surface area contributed by atoms with Crippen LogP contribution in [0.15, 0.2) is 24.7 Å². The summed E-state index contributed by atoms with van der Waals surface area (Å²) in [5, 5.41) is 11.8. The highest BCUT2D eigenvalue weighted by molar-refractivity contribution is 5.32. The molecule has 136 valence electrons. The van der Waals surface area contributed by atoms with Crippen molar-refractivity contribution in [2.24, 2.45) is 13.0 Å². The van der Waals surface area contributed by atoms with Crippen LogP contribution in [-0.2, 0) is 24.8 Å². The quantitative estimate of drug-likeness (QED) is 0.736. The lowest BCUT2D eigenvalue weighted by atomic mass is 9.93. The third-order valence-corrected chi connectivity index (χ3v) is 4.74. The van der Waals surface area contributed by atoms with Crippen LogP contribution in [0.25, 0.3) is 0 Å². The van der Waals surface area contributed by atoms with Gasteiger partial charge in [-0.2, -0.15) is 5.10 Å². The predicted octanol–water partition coefficient (Wildman–Crippen LogP) is 1.72. The number of piperidine rings is 1. The summed E-state index contributed by atoms with van der Waals surface area (Å²) >= 11 is 0. The van der Waals surface area contributed by atoms with Crippen molar-refractivity contribution >= 4 is 5.82 Å². The zero-order valence-corrected chi connectivity index (χ0v) is 15.2. The normalized spacial score (nSPS) is 18.4. The Labute approximate surface area is 149 Å². The largest absolute Gasteiger partial charge is 0.383 e. The standard InChI is InChI=1S/C18H28N6O/c1-23-14-19-11-17(23)13-24-8-3-4-15(12-24)10-16-5-6-18(22-21-16)20-7-9-25-2/h5-6,11,14-15H,3-4,7-10,12-13H2,1-2H3,(H,20,22). The maximum atomic E-state index is 5.02. The van der Waals surface area contributed by atoms with E-state index in [-0.39, 0.29) is 0 Å². The fourth-order valence-electron chi connectivity index (χ4n) is 3.37. The number of rotatable bonds is 8. The van der Waals surface area contributed by atoms with Crippen LogP contribution in [0, 0.1) is 5.92 Å². The van der Waals surface area contributed by atoms with Crippen molar-refractivity contribution < 1.29 is 4.74 Å². The van der Waals surface area contributed by atoms with E-state index < -0.39 is 0 Å². The summed E-state index contributed by atoms with van der Waals surface area (Å²) in [6.45, 7) is 4.66. The summed E-state index contributed by atoms with van der Waals surface area (Å²) in [5.41, 5.74) is 2.34. The molecule has 2 aromatic rings. The Morgan fingerprint density at radius 2 is 2.24 bits per heavy atom. The van der Waals surface area contributed by atoms with Gasteiger partial charge in [-0.05, 0) is 43.9 Å². The minimum atomic E-state index is 0.642. The predicted molar refractivity (Wildman–Crippen MR) is 97.3 cm³/mol. The van der Waals surface area contributed by atoms with Gasteiger partial charge in [-0.25, -0.2) is 4.98 Å². The van der Waals surface area contributed by atoms with Crippen LogP contribution in [0.4, 0.5) is 5.82 Å². The number of aryl methyl sites for hydroxylation is 1. The molecule has 0 spiro atoms. The number of likely N-dealkylation sites (tertiary alicyclic amines) is 1. The highest BCUT2D eigenvalue weighted by Gasteiger charge is 2.21. The number of nitrogens with one attached hydrogen (secondary N) is 1. The summed E-state index contributed by atoms with van der Waals surface area (Å²) in [6, 6.07) is 4.09. The average molecular weight is 344 g/mol. The fourth-order valence-corrected chi connectivity index (χ4v) is 3.37. The molecule has 1 fully saturated rings. The molecule has 1 aliphatic heterocycles. The van der Waals surface area contributed by atoms with E-state index in [1.54, 1.807) is 7.11 Å². The number of imidazole rings is 1. The molecule has 1 unspecified atom stereocenters. The van der Waals surface area contributed by atoms with Gasteiger partial charge in [0.25, 0.3) is 0 Å². The highest BCUT2D eigenvalue weighted by atomic mass is 16.5. The number of ether oxygens (including phenoxy) is 1. The van der Waals surface area contributed by atoms with Gasteiger partial charge in [0.1, 0.15) is 5.82 Å². The monoisotopic (exact) mass is 344 g/mol. The second-order valence-corrected chi connectivity index (χ2v) is 6.77. The van der Waals surface area contributed by atoms with Crippen molar-refractivity contribution in [2.75, 3.05) is 38.7 Å². The molecule has 0 aromatic carbocycles. The molecule has 1 aliphatic rings. The van der Waals surface area contributed by atoms with Crippen molar-refractivity contribution in [3.63, 3.8) is 0 Å². The summed E-state index contributed by atoms with van der Waals surface area (Å²) < 4.78 is 7.12. The summed E-state index contributed by atoms with van der Waals surface area (Å²) in [4.78, 5) is 6.74. The van der Waals surface area contributed by atoms with Gasteiger partial charge < -0.3 is 14.6 Å². The van der Waals surface area contributed by atoms with E-state index in [4.69, 9.17) is 4.74 Å². The van der Waals surface area contributed by atoms with Crippen LogP contribution in [0.3, 0.4) is 0 Å². The van der Waals surface area contributed by atoms with E-state index in [2.05, 4.69) is 43.1 Å². The first-order chi connectivity index (χ1) is 12.2. The third-order valence-electron chi connectivity index (χ3n) is 4.74. The first kappa shape index (κ1) is 17.8. The second kappa shape index (κ2) is 8.92. The molecule has 7 heteroatoms. The lowest BCUT2D eigenvalue weighted by Crippen LogP contribution is -2.36. The van der Waals surface area contributed by atoms with Crippen LogP contribution in [-0.4, -0.2) is 58.0 Å². The smallest absolute Gasteiger partial charge is 0.148 e. The van der Waals surface area contributed by atoms with Crippen molar-refractivity contribution in [1.29, 1.82) is 0 Å². The van der Waals surface area contributed by atoms with Crippen LogP contribution in [0.1, 0.15) is 24.2 Å². The van der Waals surface area contributed by atoms with Crippen molar-refractivity contribution in [1.82, 2.24) is 24.6 Å². The van der Waals surface area contributed by atoms with E-state index in [1.807, 2.05) is 18.6 Å². The molecule has 3 heterocycles. The summed E-state index contributed by atoms with van der Waals surface area (Å²) in [6.07, 6.45) is 7.33. The minimum absolute atomic E-state index is 0.642. The molecule has 0 radical (unpaired) electrons. The molecule has 0 aliphatic carbocycles. The van der Waals surface area contributed by atoms with Gasteiger partial charge in [0.15, 0.2) is 0 Å². The number of anilines is 1. The first-order valence-corrected chi connectivity index (χ1v) is 8.97. The van der Waals surface area contributed by atoms with Gasteiger partial charge in [-0.1, -0.05) is 0 Å². The Morgan fingerprint density at radius 1 is 1.32 bits per heavy atom. The number of aromatic nitrogens is 4. The number of hydrogen-bond acceptors (Lipinski definition) is 6. The molecule has 0 saturated carbocycles. The fraction of sp³-hybridized carbons (Fsp3) is 0.611. The number of hydrogen-bond donors (Lipinski definition) is 1. The van der Waals surface area contributed by atoms with Gasteiger partial charge in [0.2, 0.25) is 0 Å². The van der Waals surface area contributed by atoms with E-state index >= 15 is 0 Å². The van der Waals surface area contributed by atoms with Gasteiger partial charge in [-0.3, -0.25) is 4.90 Å². The van der Waals surface area contributed by atoms with E-state index in [9.17, 15) is 0 Å². The number of nitrogens with zero attached hydrogens (tertiary/aromatic N) is 5. The van der Waals surface area contributed by atoms with E-state index in [0.29, 0.717) is 12.5 Å². The lowest BCUT2D eigenvalue weighted by Gasteiger charge is -2.32. The maximum absolute atomic E-state index is 5.02. The molecular formula is C18H28N6O. The van der Waals surface area contributed by atoms with Gasteiger partial charge in [0, 0.05) is 40.0 Å². The lowest BCUT2D eigenvalue weighted by molar-refractivity contribution is 0.163. The van der Waals surface area contributed by atoms with Gasteiger partial charge >= 0.3 is 0 Å². The molecule has 1 N–H and O–H groups in total. The Kier molecular flexibility index (Phi) is 6.36. The van der Waals surface area contributed by atoms with Crippen molar-refractivity contribution in [2.45, 2.75) is 25.8 Å². The van der Waals surface area contributed by atoms with Crippen LogP contribution in [0.2, 0.25) is 0 Å². The average Bonchev–Trinajstić information content (AvgIpc) is 3.02. The molecule has 7 nitrogen and oxygen atoms in total. The summed E-state index contributed by atoms with van der Waals surface area (Å²) in [5.74, 6) is 1.45. The van der Waals surface area contributed by atoms with Crippen LogP contribution < -0.4 is 5.32 Å². The zero-order chi connectivity index (χ0) is 17.5. The molecule has 3 rings (SSSR count). The van der Waals surface area contributed by atoms with Crippen molar-refractivity contribution in [3.05, 3.63) is 36.0 Å². The van der Waals surface area contributed by atoms with Crippen LogP contribution in [0.5, 0.6) is 0 Å². The SMILES string of the molecule is COCCNc1ccc(CC2CCCN(Cc3cncn3C)C2)nn1. The van der Waals surface area contributed by atoms with Crippen molar-refractivity contribution in [3.8, 4) is 0 Å². The topological polar surface area (TPSA) is 68.1 Å². The number of methoxy groups -OCH3 is 1.